The minimum absolute atomic E-state index is 0.624. The molecule has 0 aromatic heterocycles. The fourth-order valence-electron chi connectivity index (χ4n) is 1.26. The quantitative estimate of drug-likeness (QED) is 0.541. The summed E-state index contributed by atoms with van der Waals surface area (Å²) in [6.07, 6.45) is 4.53. The SMILES string of the molecule is CSc1ccc(C)c(CCC=O)c1. The van der Waals surface area contributed by atoms with Gasteiger partial charge in [-0.3, -0.25) is 0 Å². The predicted octanol–water partition coefficient (Wildman–Crippen LogP) is 2.85. The topological polar surface area (TPSA) is 17.1 Å². The van der Waals surface area contributed by atoms with Gasteiger partial charge in [0, 0.05) is 11.3 Å². The van der Waals surface area contributed by atoms with Crippen molar-refractivity contribution in [1.29, 1.82) is 0 Å². The summed E-state index contributed by atoms with van der Waals surface area (Å²) in [6.45, 7) is 2.09. The molecule has 1 aromatic rings. The van der Waals surface area contributed by atoms with E-state index in [0.29, 0.717) is 6.42 Å². The number of benzene rings is 1. The number of carbonyl (C=O) groups is 1. The molecule has 1 aromatic carbocycles. The van der Waals surface area contributed by atoms with Gasteiger partial charge in [-0.15, -0.1) is 11.8 Å². The third-order valence-electron chi connectivity index (χ3n) is 2.09. The van der Waals surface area contributed by atoms with Crippen LogP contribution in [0.15, 0.2) is 23.1 Å². The van der Waals surface area contributed by atoms with E-state index in [1.165, 1.54) is 16.0 Å². The van der Waals surface area contributed by atoms with Crippen molar-refractivity contribution in [3.63, 3.8) is 0 Å². The van der Waals surface area contributed by atoms with Crippen molar-refractivity contribution in [2.75, 3.05) is 6.26 Å². The molecule has 1 rings (SSSR count). The van der Waals surface area contributed by atoms with Gasteiger partial charge in [0.2, 0.25) is 0 Å². The average Bonchev–Trinajstić information content (AvgIpc) is 2.17. The molecule has 0 aliphatic heterocycles. The van der Waals surface area contributed by atoms with Crippen molar-refractivity contribution in [2.45, 2.75) is 24.7 Å². The van der Waals surface area contributed by atoms with Gasteiger partial charge >= 0.3 is 0 Å². The molecule has 0 aliphatic carbocycles. The molecule has 1 nitrogen and oxygen atoms in total. The number of rotatable bonds is 4. The Kier molecular flexibility index (Phi) is 4.03. The lowest BCUT2D eigenvalue weighted by Gasteiger charge is -2.05. The Labute approximate surface area is 83.5 Å². The third kappa shape index (κ3) is 2.88. The minimum Gasteiger partial charge on any atom is -0.303 e. The summed E-state index contributed by atoms with van der Waals surface area (Å²) < 4.78 is 0. The Morgan fingerprint density at radius 3 is 2.85 bits per heavy atom. The van der Waals surface area contributed by atoms with Crippen molar-refractivity contribution in [1.82, 2.24) is 0 Å². The summed E-state index contributed by atoms with van der Waals surface area (Å²) in [5.41, 5.74) is 2.57. The van der Waals surface area contributed by atoms with E-state index >= 15 is 0 Å². The first kappa shape index (κ1) is 10.3. The van der Waals surface area contributed by atoms with Gasteiger partial charge in [0.15, 0.2) is 0 Å². The average molecular weight is 194 g/mol. The Hall–Kier alpha value is -0.760. The molecular formula is C11H14OS. The van der Waals surface area contributed by atoms with Crippen molar-refractivity contribution in [3.05, 3.63) is 29.3 Å². The molecule has 0 spiro atoms. The fourth-order valence-corrected chi connectivity index (χ4v) is 1.72. The van der Waals surface area contributed by atoms with Gasteiger partial charge in [-0.1, -0.05) is 6.07 Å². The highest BCUT2D eigenvalue weighted by atomic mass is 32.2. The summed E-state index contributed by atoms with van der Waals surface area (Å²) in [5.74, 6) is 0. The van der Waals surface area contributed by atoms with Crippen LogP contribution in [-0.2, 0) is 11.2 Å². The molecule has 13 heavy (non-hydrogen) atoms. The first-order chi connectivity index (χ1) is 6.27. The molecule has 0 unspecified atom stereocenters. The number of hydrogen-bond acceptors (Lipinski definition) is 2. The number of carbonyl (C=O) groups excluding carboxylic acids is 1. The Balaban J connectivity index is 2.83. The Morgan fingerprint density at radius 2 is 2.23 bits per heavy atom. The van der Waals surface area contributed by atoms with Gasteiger partial charge < -0.3 is 4.79 Å². The van der Waals surface area contributed by atoms with Crippen molar-refractivity contribution in [3.8, 4) is 0 Å². The van der Waals surface area contributed by atoms with Crippen LogP contribution in [0.25, 0.3) is 0 Å². The number of thioether (sulfide) groups is 1. The van der Waals surface area contributed by atoms with Gasteiger partial charge in [-0.2, -0.15) is 0 Å². The Morgan fingerprint density at radius 1 is 1.46 bits per heavy atom. The molecule has 0 saturated heterocycles. The lowest BCUT2D eigenvalue weighted by molar-refractivity contribution is -0.107. The van der Waals surface area contributed by atoms with Crippen LogP contribution >= 0.6 is 11.8 Å². The van der Waals surface area contributed by atoms with Crippen LogP contribution in [0, 0.1) is 6.92 Å². The summed E-state index contributed by atoms with van der Waals surface area (Å²) >= 11 is 1.74. The minimum atomic E-state index is 0.624. The molecule has 0 N–H and O–H groups in total. The monoisotopic (exact) mass is 194 g/mol. The molecule has 0 amide bonds. The van der Waals surface area contributed by atoms with E-state index < -0.39 is 0 Å². The number of aryl methyl sites for hydroxylation is 2. The second kappa shape index (κ2) is 5.07. The summed E-state index contributed by atoms with van der Waals surface area (Å²) in [7, 11) is 0. The van der Waals surface area contributed by atoms with E-state index in [9.17, 15) is 4.79 Å². The molecule has 0 saturated carbocycles. The van der Waals surface area contributed by atoms with E-state index in [1.807, 2.05) is 0 Å². The van der Waals surface area contributed by atoms with Crippen LogP contribution in [0.1, 0.15) is 17.5 Å². The van der Waals surface area contributed by atoms with Crippen LogP contribution < -0.4 is 0 Å². The van der Waals surface area contributed by atoms with E-state index in [2.05, 4.69) is 31.4 Å². The van der Waals surface area contributed by atoms with Gasteiger partial charge in [0.05, 0.1) is 0 Å². The van der Waals surface area contributed by atoms with Gasteiger partial charge in [0.1, 0.15) is 6.29 Å². The largest absolute Gasteiger partial charge is 0.303 e. The second-order valence-electron chi connectivity index (χ2n) is 3.00. The Bertz CT molecular complexity index is 294. The van der Waals surface area contributed by atoms with Crippen LogP contribution in [0.4, 0.5) is 0 Å². The van der Waals surface area contributed by atoms with Crippen LogP contribution in [0.3, 0.4) is 0 Å². The summed E-state index contributed by atoms with van der Waals surface area (Å²) in [4.78, 5) is 11.5. The zero-order valence-corrected chi connectivity index (χ0v) is 8.86. The van der Waals surface area contributed by atoms with Gasteiger partial charge in [0.25, 0.3) is 0 Å². The third-order valence-corrected chi connectivity index (χ3v) is 2.81. The first-order valence-electron chi connectivity index (χ1n) is 4.35. The van der Waals surface area contributed by atoms with Gasteiger partial charge in [-0.25, -0.2) is 0 Å². The van der Waals surface area contributed by atoms with E-state index in [4.69, 9.17) is 0 Å². The van der Waals surface area contributed by atoms with E-state index in [0.717, 1.165) is 12.7 Å². The predicted molar refractivity (Wildman–Crippen MR) is 57.3 cm³/mol. The van der Waals surface area contributed by atoms with E-state index in [1.54, 1.807) is 11.8 Å². The highest BCUT2D eigenvalue weighted by molar-refractivity contribution is 7.98. The molecule has 2 heteroatoms. The van der Waals surface area contributed by atoms with Crippen molar-refractivity contribution >= 4 is 18.0 Å². The van der Waals surface area contributed by atoms with Crippen LogP contribution in [0.5, 0.6) is 0 Å². The van der Waals surface area contributed by atoms with E-state index in [-0.39, 0.29) is 0 Å². The zero-order valence-electron chi connectivity index (χ0n) is 8.04. The first-order valence-corrected chi connectivity index (χ1v) is 5.57. The van der Waals surface area contributed by atoms with Crippen LogP contribution in [-0.4, -0.2) is 12.5 Å². The maximum absolute atomic E-state index is 10.2. The lowest BCUT2D eigenvalue weighted by Crippen LogP contribution is -1.90. The molecular weight excluding hydrogens is 180 g/mol. The van der Waals surface area contributed by atoms with Crippen molar-refractivity contribution in [2.24, 2.45) is 0 Å². The molecule has 0 heterocycles. The molecule has 0 atom stereocenters. The second-order valence-corrected chi connectivity index (χ2v) is 3.88. The molecule has 0 bridgehead atoms. The highest BCUT2D eigenvalue weighted by Crippen LogP contribution is 2.19. The maximum Gasteiger partial charge on any atom is 0.120 e. The summed E-state index contributed by atoms with van der Waals surface area (Å²) in [6, 6.07) is 6.40. The summed E-state index contributed by atoms with van der Waals surface area (Å²) in [5, 5.41) is 0. The lowest BCUT2D eigenvalue weighted by atomic mass is 10.0. The fraction of sp³-hybridized carbons (Fsp3) is 0.364. The molecule has 0 fully saturated rings. The van der Waals surface area contributed by atoms with Crippen LogP contribution in [0.2, 0.25) is 0 Å². The molecule has 0 aliphatic rings. The normalized spacial score (nSPS) is 10.0. The molecule has 70 valence electrons. The zero-order chi connectivity index (χ0) is 9.68. The molecule has 0 radical (unpaired) electrons. The standard InChI is InChI=1S/C11H14OS/c1-9-5-6-11(13-2)8-10(9)4-3-7-12/h5-8H,3-4H2,1-2H3. The maximum atomic E-state index is 10.2. The van der Waals surface area contributed by atoms with Crippen molar-refractivity contribution < 1.29 is 4.79 Å². The van der Waals surface area contributed by atoms with Gasteiger partial charge in [-0.05, 0) is 42.9 Å². The highest BCUT2D eigenvalue weighted by Gasteiger charge is 1.99. The number of aldehydes is 1. The number of hydrogen-bond donors (Lipinski definition) is 0. The smallest absolute Gasteiger partial charge is 0.120 e.